The summed E-state index contributed by atoms with van der Waals surface area (Å²) >= 11 is 0. The molecular formula is C27H32FNO4. The van der Waals surface area contributed by atoms with Crippen molar-refractivity contribution in [2.45, 2.75) is 63.6 Å². The summed E-state index contributed by atoms with van der Waals surface area (Å²) in [7, 11) is 0. The van der Waals surface area contributed by atoms with Crippen molar-refractivity contribution >= 4 is 10.9 Å². The number of aliphatic hydroxyl groups is 2. The van der Waals surface area contributed by atoms with Crippen LogP contribution in [0.1, 0.15) is 67.2 Å². The van der Waals surface area contributed by atoms with E-state index in [2.05, 4.69) is 4.57 Å². The van der Waals surface area contributed by atoms with Crippen molar-refractivity contribution in [3.63, 3.8) is 0 Å². The van der Waals surface area contributed by atoms with Gasteiger partial charge in [-0.15, -0.1) is 0 Å². The molecule has 2 heterocycles. The molecule has 6 heteroatoms. The molecule has 176 valence electrons. The number of benzene rings is 2. The van der Waals surface area contributed by atoms with Gasteiger partial charge in [0.05, 0.1) is 5.52 Å². The summed E-state index contributed by atoms with van der Waals surface area (Å²) in [4.78, 5) is 0. The third-order valence-electron chi connectivity index (χ3n) is 7.64. The summed E-state index contributed by atoms with van der Waals surface area (Å²) in [6.07, 6.45) is 3.83. The highest BCUT2D eigenvalue weighted by Gasteiger charge is 2.34. The van der Waals surface area contributed by atoms with Gasteiger partial charge in [0, 0.05) is 41.8 Å². The van der Waals surface area contributed by atoms with Crippen molar-refractivity contribution in [3.8, 4) is 11.4 Å². The summed E-state index contributed by atoms with van der Waals surface area (Å²) in [6, 6.07) is 10.8. The van der Waals surface area contributed by atoms with Gasteiger partial charge in [0.1, 0.15) is 11.6 Å². The van der Waals surface area contributed by atoms with Crippen LogP contribution in [0.2, 0.25) is 0 Å². The third kappa shape index (κ3) is 4.16. The molecule has 5 rings (SSSR count). The summed E-state index contributed by atoms with van der Waals surface area (Å²) in [5.41, 5.74) is 5.03. The third-order valence-corrected chi connectivity index (χ3v) is 7.64. The fraction of sp³-hybridized carbons (Fsp3) is 0.481. The maximum absolute atomic E-state index is 14.1. The van der Waals surface area contributed by atoms with Gasteiger partial charge in [-0.3, -0.25) is 0 Å². The van der Waals surface area contributed by atoms with E-state index in [0.29, 0.717) is 24.7 Å². The van der Waals surface area contributed by atoms with Gasteiger partial charge in [-0.05, 0) is 98.9 Å². The standard InChI is InChI=1S/C27H32FNO4/c1-16-14-20(6-8-23(16)28)29-24-9-7-21(30)15-22(24)25(26(29)18-10-12-33-13-11-18)17-2-4-19(5-3-17)27(31)32/h6-9,14-15,17-19,27,30-32H,2-5,10-13H2,1H3. The molecule has 0 radical (unpaired) electrons. The van der Waals surface area contributed by atoms with E-state index in [9.17, 15) is 19.7 Å². The van der Waals surface area contributed by atoms with Crippen molar-refractivity contribution in [1.82, 2.24) is 4.57 Å². The Kier molecular flexibility index (Phi) is 6.16. The van der Waals surface area contributed by atoms with Crippen molar-refractivity contribution in [3.05, 3.63) is 59.0 Å². The Labute approximate surface area is 193 Å². The van der Waals surface area contributed by atoms with Gasteiger partial charge in [0.2, 0.25) is 0 Å². The maximum atomic E-state index is 14.1. The Morgan fingerprint density at radius 3 is 2.33 bits per heavy atom. The quantitative estimate of drug-likeness (QED) is 0.471. The van der Waals surface area contributed by atoms with E-state index >= 15 is 0 Å². The lowest BCUT2D eigenvalue weighted by Crippen LogP contribution is -2.25. The second-order valence-electron chi connectivity index (χ2n) is 9.68. The smallest absolute Gasteiger partial charge is 0.154 e. The van der Waals surface area contributed by atoms with E-state index in [4.69, 9.17) is 4.74 Å². The molecule has 3 N–H and O–H groups in total. The minimum Gasteiger partial charge on any atom is -0.508 e. The first-order chi connectivity index (χ1) is 15.9. The number of phenolic OH excluding ortho intramolecular Hbond substituents is 1. The molecule has 5 nitrogen and oxygen atoms in total. The Morgan fingerprint density at radius 1 is 0.939 bits per heavy atom. The van der Waals surface area contributed by atoms with Crippen LogP contribution in [0, 0.1) is 18.7 Å². The number of hydrogen-bond donors (Lipinski definition) is 3. The van der Waals surface area contributed by atoms with Gasteiger partial charge in [-0.1, -0.05) is 0 Å². The predicted molar refractivity (Wildman–Crippen MR) is 125 cm³/mol. The summed E-state index contributed by atoms with van der Waals surface area (Å²) in [5, 5.41) is 30.8. The SMILES string of the molecule is Cc1cc(-n2c(C3CCOCC3)c(C3CCC(C(O)O)CC3)c3cc(O)ccc32)ccc1F. The number of nitrogens with zero attached hydrogens (tertiary/aromatic N) is 1. The van der Waals surface area contributed by atoms with Crippen LogP contribution in [0.15, 0.2) is 36.4 Å². The van der Waals surface area contributed by atoms with Crippen molar-refractivity contribution in [2.24, 2.45) is 5.92 Å². The average molecular weight is 454 g/mol. The van der Waals surface area contributed by atoms with Crippen LogP contribution in [-0.4, -0.2) is 39.4 Å². The van der Waals surface area contributed by atoms with Crippen LogP contribution in [0.4, 0.5) is 4.39 Å². The van der Waals surface area contributed by atoms with E-state index < -0.39 is 6.29 Å². The number of fused-ring (bicyclic) bond motifs is 1. The second-order valence-corrected chi connectivity index (χ2v) is 9.68. The molecule has 0 atom stereocenters. The molecule has 1 saturated carbocycles. The number of aromatic nitrogens is 1. The van der Waals surface area contributed by atoms with Crippen LogP contribution in [0.25, 0.3) is 16.6 Å². The molecule has 0 bridgehead atoms. The van der Waals surface area contributed by atoms with Gasteiger partial charge < -0.3 is 24.6 Å². The van der Waals surface area contributed by atoms with Crippen molar-refractivity contribution in [1.29, 1.82) is 0 Å². The fourth-order valence-electron chi connectivity index (χ4n) is 5.88. The summed E-state index contributed by atoms with van der Waals surface area (Å²) < 4.78 is 22.1. The lowest BCUT2D eigenvalue weighted by molar-refractivity contribution is -0.0937. The molecule has 2 aliphatic rings. The van der Waals surface area contributed by atoms with E-state index in [1.807, 2.05) is 24.3 Å². The zero-order chi connectivity index (χ0) is 23.1. The molecule has 2 fully saturated rings. The molecule has 2 aromatic carbocycles. The molecule has 0 spiro atoms. The lowest BCUT2D eigenvalue weighted by atomic mass is 9.76. The molecule has 33 heavy (non-hydrogen) atoms. The zero-order valence-corrected chi connectivity index (χ0v) is 19.0. The highest BCUT2D eigenvalue weighted by atomic mass is 19.1. The van der Waals surface area contributed by atoms with Crippen LogP contribution in [0.3, 0.4) is 0 Å². The first-order valence-electron chi connectivity index (χ1n) is 12.0. The number of aryl methyl sites for hydroxylation is 1. The molecule has 0 unspecified atom stereocenters. The summed E-state index contributed by atoms with van der Waals surface area (Å²) in [6.45, 7) is 3.21. The molecule has 1 aliphatic carbocycles. The number of phenols is 1. The monoisotopic (exact) mass is 453 g/mol. The number of halogens is 1. The number of ether oxygens (including phenoxy) is 1. The predicted octanol–water partition coefficient (Wildman–Crippen LogP) is 5.26. The van der Waals surface area contributed by atoms with Gasteiger partial charge in [-0.25, -0.2) is 4.39 Å². The number of hydrogen-bond acceptors (Lipinski definition) is 4. The summed E-state index contributed by atoms with van der Waals surface area (Å²) in [5.74, 6) is 0.491. The Bertz CT molecular complexity index is 1140. The Hall–Kier alpha value is -2.41. The first-order valence-corrected chi connectivity index (χ1v) is 12.0. The Balaban J connectivity index is 1.72. The largest absolute Gasteiger partial charge is 0.508 e. The van der Waals surface area contributed by atoms with Gasteiger partial charge >= 0.3 is 0 Å². The van der Waals surface area contributed by atoms with Gasteiger partial charge in [-0.2, -0.15) is 0 Å². The molecule has 0 amide bonds. The van der Waals surface area contributed by atoms with Crippen LogP contribution < -0.4 is 0 Å². The van der Waals surface area contributed by atoms with E-state index in [0.717, 1.165) is 55.1 Å². The minimum absolute atomic E-state index is 0.0886. The van der Waals surface area contributed by atoms with Crippen LogP contribution in [0.5, 0.6) is 5.75 Å². The van der Waals surface area contributed by atoms with Gasteiger partial charge in [0.25, 0.3) is 0 Å². The molecule has 1 saturated heterocycles. The maximum Gasteiger partial charge on any atom is 0.154 e. The average Bonchev–Trinajstić information content (AvgIpc) is 3.15. The molecular weight excluding hydrogens is 421 g/mol. The van der Waals surface area contributed by atoms with Crippen molar-refractivity contribution in [2.75, 3.05) is 13.2 Å². The van der Waals surface area contributed by atoms with Crippen LogP contribution in [-0.2, 0) is 4.74 Å². The zero-order valence-electron chi connectivity index (χ0n) is 19.0. The topological polar surface area (TPSA) is 74.9 Å². The van der Waals surface area contributed by atoms with Crippen molar-refractivity contribution < 1.29 is 24.4 Å². The van der Waals surface area contributed by atoms with Gasteiger partial charge in [0.15, 0.2) is 6.29 Å². The minimum atomic E-state index is -1.27. The fourth-order valence-corrected chi connectivity index (χ4v) is 5.88. The second kappa shape index (κ2) is 9.09. The Morgan fingerprint density at radius 2 is 1.67 bits per heavy atom. The highest BCUT2D eigenvalue weighted by Crippen LogP contribution is 2.47. The molecule has 3 aromatic rings. The highest BCUT2D eigenvalue weighted by molar-refractivity contribution is 5.89. The van der Waals surface area contributed by atoms with E-state index in [1.54, 1.807) is 13.0 Å². The van der Waals surface area contributed by atoms with Crippen LogP contribution >= 0.6 is 0 Å². The normalized spacial score (nSPS) is 22.3. The number of rotatable bonds is 4. The first kappa shape index (κ1) is 22.4. The molecule has 1 aliphatic heterocycles. The van der Waals surface area contributed by atoms with E-state index in [-0.39, 0.29) is 23.4 Å². The molecule has 1 aromatic heterocycles. The van der Waals surface area contributed by atoms with E-state index in [1.165, 1.54) is 17.3 Å². The lowest BCUT2D eigenvalue weighted by Gasteiger charge is -2.32. The number of aromatic hydroxyl groups is 1. The number of aliphatic hydroxyl groups excluding tert-OH is 1.